The summed E-state index contributed by atoms with van der Waals surface area (Å²) in [6.45, 7) is 2.02. The Bertz CT molecular complexity index is 1030. The number of aliphatic hydroxyl groups excluding tert-OH is 1. The van der Waals surface area contributed by atoms with Gasteiger partial charge in [0.1, 0.15) is 18.7 Å². The molecule has 2 aromatic rings. The molecule has 3 atom stereocenters. The molecular formula is C26H30N2O6. The fraction of sp³-hybridized carbons (Fsp3) is 0.423. The summed E-state index contributed by atoms with van der Waals surface area (Å²) < 4.78 is 5.57. The number of hydrogen-bond acceptors (Lipinski definition) is 5. The zero-order valence-corrected chi connectivity index (χ0v) is 19.1. The molecule has 180 valence electrons. The number of β-amino-alcohol motifs (C(OH)–C–C–N with tert-alkyl or cyclic N) is 1. The SMILES string of the molecule is CCCCC(NC(=O)OCC1c2ccccc2-c2ccccc21)C(=O)N1CC(O)CC1C(=O)O. The van der Waals surface area contributed by atoms with E-state index in [0.29, 0.717) is 12.8 Å². The Morgan fingerprint density at radius 2 is 1.71 bits per heavy atom. The Morgan fingerprint density at radius 1 is 1.09 bits per heavy atom. The van der Waals surface area contributed by atoms with Crippen molar-refractivity contribution in [2.45, 2.75) is 56.7 Å². The number of aliphatic hydroxyl groups is 1. The van der Waals surface area contributed by atoms with E-state index in [-0.39, 0.29) is 25.5 Å². The van der Waals surface area contributed by atoms with Gasteiger partial charge in [0, 0.05) is 18.9 Å². The molecule has 1 heterocycles. The number of carbonyl (C=O) groups is 3. The van der Waals surface area contributed by atoms with Crippen LogP contribution in [0.15, 0.2) is 48.5 Å². The van der Waals surface area contributed by atoms with Gasteiger partial charge in [0.2, 0.25) is 5.91 Å². The zero-order chi connectivity index (χ0) is 24.2. The number of likely N-dealkylation sites (tertiary alicyclic amines) is 1. The number of carboxylic acid groups (broad SMARTS) is 1. The van der Waals surface area contributed by atoms with Gasteiger partial charge in [0.05, 0.1) is 6.10 Å². The molecule has 2 amide bonds. The molecule has 0 radical (unpaired) electrons. The van der Waals surface area contributed by atoms with Gasteiger partial charge in [-0.15, -0.1) is 0 Å². The number of nitrogens with zero attached hydrogens (tertiary/aromatic N) is 1. The van der Waals surface area contributed by atoms with Gasteiger partial charge in [-0.3, -0.25) is 4.79 Å². The van der Waals surface area contributed by atoms with Crippen molar-refractivity contribution in [3.05, 3.63) is 59.7 Å². The van der Waals surface area contributed by atoms with Crippen LogP contribution in [-0.4, -0.2) is 64.4 Å². The minimum Gasteiger partial charge on any atom is -0.480 e. The largest absolute Gasteiger partial charge is 0.480 e. The highest BCUT2D eigenvalue weighted by Gasteiger charge is 2.41. The molecule has 34 heavy (non-hydrogen) atoms. The van der Waals surface area contributed by atoms with Crippen molar-refractivity contribution >= 4 is 18.0 Å². The third kappa shape index (κ3) is 4.77. The second kappa shape index (κ2) is 10.3. The number of fused-ring (bicyclic) bond motifs is 3. The lowest BCUT2D eigenvalue weighted by Gasteiger charge is -2.27. The third-order valence-corrected chi connectivity index (χ3v) is 6.63. The first-order chi connectivity index (χ1) is 16.4. The van der Waals surface area contributed by atoms with Crippen molar-refractivity contribution in [3.8, 4) is 11.1 Å². The number of ether oxygens (including phenoxy) is 1. The predicted molar refractivity (Wildman–Crippen MR) is 125 cm³/mol. The third-order valence-electron chi connectivity index (χ3n) is 6.63. The van der Waals surface area contributed by atoms with E-state index in [2.05, 4.69) is 17.4 Å². The van der Waals surface area contributed by atoms with E-state index >= 15 is 0 Å². The van der Waals surface area contributed by atoms with Crippen LogP contribution in [0.5, 0.6) is 0 Å². The normalized spacial score (nSPS) is 19.9. The van der Waals surface area contributed by atoms with Crippen molar-refractivity contribution in [1.29, 1.82) is 0 Å². The molecule has 0 bridgehead atoms. The number of amides is 2. The van der Waals surface area contributed by atoms with Crippen LogP contribution < -0.4 is 5.32 Å². The first-order valence-corrected chi connectivity index (χ1v) is 11.7. The van der Waals surface area contributed by atoms with Crippen LogP contribution in [0.3, 0.4) is 0 Å². The summed E-state index contributed by atoms with van der Waals surface area (Å²) in [7, 11) is 0. The quantitative estimate of drug-likeness (QED) is 0.551. The van der Waals surface area contributed by atoms with Crippen LogP contribution in [0.25, 0.3) is 11.1 Å². The van der Waals surface area contributed by atoms with Crippen molar-refractivity contribution in [2.24, 2.45) is 0 Å². The lowest BCUT2D eigenvalue weighted by molar-refractivity contribution is -0.149. The average Bonchev–Trinajstić information content (AvgIpc) is 3.38. The number of rotatable bonds is 8. The maximum atomic E-state index is 13.1. The van der Waals surface area contributed by atoms with E-state index in [4.69, 9.17) is 4.74 Å². The van der Waals surface area contributed by atoms with E-state index in [0.717, 1.165) is 33.6 Å². The van der Waals surface area contributed by atoms with Crippen molar-refractivity contribution in [1.82, 2.24) is 10.2 Å². The number of nitrogens with one attached hydrogen (secondary N) is 1. The first kappa shape index (κ1) is 23.8. The highest BCUT2D eigenvalue weighted by Crippen LogP contribution is 2.44. The maximum absolute atomic E-state index is 13.1. The fourth-order valence-corrected chi connectivity index (χ4v) is 4.94. The number of alkyl carbamates (subject to hydrolysis) is 1. The second-order valence-corrected chi connectivity index (χ2v) is 8.90. The molecule has 1 aliphatic heterocycles. The van der Waals surface area contributed by atoms with Gasteiger partial charge in [-0.05, 0) is 28.7 Å². The molecule has 8 nitrogen and oxygen atoms in total. The van der Waals surface area contributed by atoms with E-state index in [1.54, 1.807) is 0 Å². The van der Waals surface area contributed by atoms with Crippen molar-refractivity contribution < 1.29 is 29.3 Å². The van der Waals surface area contributed by atoms with Crippen LogP contribution in [0.2, 0.25) is 0 Å². The minimum absolute atomic E-state index is 0.0213. The molecule has 4 rings (SSSR count). The standard InChI is InChI=1S/C26H30N2O6/c1-2-3-12-22(24(30)28-14-16(29)13-23(28)25(31)32)27-26(33)34-15-21-19-10-6-4-8-17(19)18-9-5-7-11-20(18)21/h4-11,16,21-23,29H,2-3,12-15H2,1H3,(H,27,33)(H,31,32). The topological polar surface area (TPSA) is 116 Å². The molecule has 2 aromatic carbocycles. The summed E-state index contributed by atoms with van der Waals surface area (Å²) in [5.74, 6) is -1.78. The van der Waals surface area contributed by atoms with Gasteiger partial charge in [-0.1, -0.05) is 68.3 Å². The van der Waals surface area contributed by atoms with E-state index in [9.17, 15) is 24.6 Å². The van der Waals surface area contributed by atoms with Crippen LogP contribution in [-0.2, 0) is 14.3 Å². The van der Waals surface area contributed by atoms with Crippen LogP contribution in [0.1, 0.15) is 49.7 Å². The number of aliphatic carboxylic acids is 1. The summed E-state index contributed by atoms with van der Waals surface area (Å²) in [6, 6.07) is 14.0. The maximum Gasteiger partial charge on any atom is 0.407 e. The predicted octanol–water partition coefficient (Wildman–Crippen LogP) is 3.13. The van der Waals surface area contributed by atoms with Gasteiger partial charge in [-0.25, -0.2) is 9.59 Å². The van der Waals surface area contributed by atoms with Gasteiger partial charge < -0.3 is 25.2 Å². The fourth-order valence-electron chi connectivity index (χ4n) is 4.94. The summed E-state index contributed by atoms with van der Waals surface area (Å²) in [6.07, 6.45) is 0.203. The van der Waals surface area contributed by atoms with Crippen molar-refractivity contribution in [2.75, 3.05) is 13.2 Å². The Kier molecular flexibility index (Phi) is 7.17. The summed E-state index contributed by atoms with van der Waals surface area (Å²) in [5, 5.41) is 22.0. The lowest BCUT2D eigenvalue weighted by atomic mass is 9.98. The van der Waals surface area contributed by atoms with Crippen LogP contribution in [0, 0.1) is 0 Å². The molecule has 3 N–H and O–H groups in total. The van der Waals surface area contributed by atoms with E-state index in [1.165, 1.54) is 0 Å². The molecule has 3 unspecified atom stereocenters. The smallest absolute Gasteiger partial charge is 0.407 e. The molecule has 8 heteroatoms. The Labute approximate surface area is 198 Å². The van der Waals surface area contributed by atoms with Crippen LogP contribution >= 0.6 is 0 Å². The zero-order valence-electron chi connectivity index (χ0n) is 19.1. The molecule has 0 spiro atoms. The minimum atomic E-state index is -1.17. The molecular weight excluding hydrogens is 436 g/mol. The molecule has 1 saturated heterocycles. The molecule has 2 aliphatic rings. The van der Waals surface area contributed by atoms with E-state index in [1.807, 2.05) is 43.3 Å². The Morgan fingerprint density at radius 3 is 2.29 bits per heavy atom. The highest BCUT2D eigenvalue weighted by molar-refractivity contribution is 5.90. The van der Waals surface area contributed by atoms with E-state index < -0.39 is 36.2 Å². The van der Waals surface area contributed by atoms with Gasteiger partial charge in [0.25, 0.3) is 0 Å². The molecule has 1 fully saturated rings. The second-order valence-electron chi connectivity index (χ2n) is 8.90. The summed E-state index contributed by atoms with van der Waals surface area (Å²) in [4.78, 5) is 38.5. The highest BCUT2D eigenvalue weighted by atomic mass is 16.5. The number of carboxylic acids is 1. The Balaban J connectivity index is 1.44. The van der Waals surface area contributed by atoms with Crippen LogP contribution in [0.4, 0.5) is 4.79 Å². The van der Waals surface area contributed by atoms with Gasteiger partial charge in [-0.2, -0.15) is 0 Å². The lowest BCUT2D eigenvalue weighted by Crippen LogP contribution is -2.52. The van der Waals surface area contributed by atoms with Crippen molar-refractivity contribution in [3.63, 3.8) is 0 Å². The monoisotopic (exact) mass is 466 g/mol. The number of hydrogen-bond donors (Lipinski definition) is 3. The molecule has 0 aromatic heterocycles. The number of benzene rings is 2. The summed E-state index contributed by atoms with van der Waals surface area (Å²) >= 11 is 0. The molecule has 0 saturated carbocycles. The Hall–Kier alpha value is -3.39. The number of unbranched alkanes of at least 4 members (excludes halogenated alkanes) is 1. The number of carbonyl (C=O) groups excluding carboxylic acids is 2. The van der Waals surface area contributed by atoms with Gasteiger partial charge >= 0.3 is 12.1 Å². The first-order valence-electron chi connectivity index (χ1n) is 11.7. The summed E-state index contributed by atoms with van der Waals surface area (Å²) in [5.41, 5.74) is 4.42. The average molecular weight is 467 g/mol. The van der Waals surface area contributed by atoms with Gasteiger partial charge in [0.15, 0.2) is 0 Å². The molecule has 1 aliphatic carbocycles.